The predicted molar refractivity (Wildman–Crippen MR) is 76.4 cm³/mol. The molecule has 0 bridgehead atoms. The third-order valence-electron chi connectivity index (χ3n) is 2.76. The van der Waals surface area contributed by atoms with E-state index in [1.807, 2.05) is 6.07 Å². The van der Waals surface area contributed by atoms with E-state index >= 15 is 0 Å². The Balaban J connectivity index is 2.33. The minimum absolute atomic E-state index is 0.323. The highest BCUT2D eigenvalue weighted by Crippen LogP contribution is 2.28. The molecular formula is C11H10N6O2S2. The summed E-state index contributed by atoms with van der Waals surface area (Å²) < 4.78 is 28.7. The van der Waals surface area contributed by atoms with Gasteiger partial charge in [0.25, 0.3) is 15.2 Å². The lowest BCUT2D eigenvalue weighted by Gasteiger charge is -2.08. The number of hydrogen-bond donors (Lipinski definition) is 1. The van der Waals surface area contributed by atoms with Gasteiger partial charge in [-0.1, -0.05) is 22.7 Å². The van der Waals surface area contributed by atoms with Gasteiger partial charge in [0.2, 0.25) is 0 Å². The topological polar surface area (TPSA) is 117 Å². The summed E-state index contributed by atoms with van der Waals surface area (Å²) in [5, 5.41) is 16.5. The summed E-state index contributed by atoms with van der Waals surface area (Å²) in [6.07, 6.45) is 0. The molecule has 0 aliphatic carbocycles. The van der Waals surface area contributed by atoms with Crippen molar-refractivity contribution in [1.29, 1.82) is 0 Å². The first-order chi connectivity index (χ1) is 9.98. The maximum Gasteiger partial charge on any atom is 0.274 e. The lowest BCUT2D eigenvalue weighted by molar-refractivity contribution is 0.585. The molecule has 0 saturated heterocycles. The van der Waals surface area contributed by atoms with Crippen molar-refractivity contribution in [3.63, 3.8) is 0 Å². The Morgan fingerprint density at radius 3 is 2.43 bits per heavy atom. The number of nitrogens with zero attached hydrogens (tertiary/aromatic N) is 5. The van der Waals surface area contributed by atoms with Crippen molar-refractivity contribution in [3.8, 4) is 16.4 Å². The zero-order valence-electron chi connectivity index (χ0n) is 10.8. The van der Waals surface area contributed by atoms with E-state index in [1.165, 1.54) is 4.57 Å². The number of para-hydroxylation sites is 1. The van der Waals surface area contributed by atoms with Crippen LogP contribution in [0.25, 0.3) is 16.4 Å². The lowest BCUT2D eigenvalue weighted by atomic mass is 10.3. The molecule has 3 aromatic rings. The molecule has 8 nitrogen and oxygen atoms in total. The van der Waals surface area contributed by atoms with Crippen LogP contribution in [-0.4, -0.2) is 32.8 Å². The summed E-state index contributed by atoms with van der Waals surface area (Å²) in [5.74, 6) is 0.345. The Labute approximate surface area is 124 Å². The van der Waals surface area contributed by atoms with E-state index in [4.69, 9.17) is 5.14 Å². The Morgan fingerprint density at radius 1 is 1.14 bits per heavy atom. The van der Waals surface area contributed by atoms with E-state index < -0.39 is 10.0 Å². The van der Waals surface area contributed by atoms with Crippen LogP contribution in [0.5, 0.6) is 0 Å². The Bertz CT molecular complexity index is 885. The predicted octanol–water partition coefficient (Wildman–Crippen LogP) is 0.742. The summed E-state index contributed by atoms with van der Waals surface area (Å²) in [4.78, 5) is 0.640. The molecule has 0 radical (unpaired) electrons. The molecule has 10 heteroatoms. The van der Waals surface area contributed by atoms with E-state index in [2.05, 4.69) is 19.8 Å². The van der Waals surface area contributed by atoms with E-state index in [0.29, 0.717) is 22.1 Å². The highest BCUT2D eigenvalue weighted by Gasteiger charge is 2.25. The first kappa shape index (κ1) is 13.8. The molecule has 108 valence electrons. The Kier molecular flexibility index (Phi) is 3.27. The number of aryl methyl sites for hydroxylation is 1. The quantitative estimate of drug-likeness (QED) is 0.760. The van der Waals surface area contributed by atoms with Gasteiger partial charge in [0, 0.05) is 5.69 Å². The Hall–Kier alpha value is -2.17. The summed E-state index contributed by atoms with van der Waals surface area (Å²) in [5.41, 5.74) is 1.24. The van der Waals surface area contributed by atoms with Crippen LogP contribution >= 0.6 is 11.5 Å². The molecule has 0 amide bonds. The SMILES string of the molecule is Cc1nnsc1-c1nnc(S(N)(=O)=O)n1-c1ccccc1. The third kappa shape index (κ3) is 2.44. The van der Waals surface area contributed by atoms with Gasteiger partial charge in [-0.15, -0.1) is 15.3 Å². The average molecular weight is 322 g/mol. The van der Waals surface area contributed by atoms with Gasteiger partial charge in [0.15, 0.2) is 5.82 Å². The van der Waals surface area contributed by atoms with Gasteiger partial charge in [-0.2, -0.15) is 0 Å². The number of rotatable bonds is 3. The van der Waals surface area contributed by atoms with Gasteiger partial charge >= 0.3 is 0 Å². The number of benzene rings is 1. The van der Waals surface area contributed by atoms with Crippen LogP contribution in [0.15, 0.2) is 35.5 Å². The number of sulfonamides is 1. The molecule has 0 aliphatic rings. The van der Waals surface area contributed by atoms with Gasteiger partial charge in [0.1, 0.15) is 4.88 Å². The number of hydrogen-bond acceptors (Lipinski definition) is 7. The van der Waals surface area contributed by atoms with Crippen LogP contribution in [0.2, 0.25) is 0 Å². The van der Waals surface area contributed by atoms with Gasteiger partial charge in [-0.05, 0) is 30.6 Å². The van der Waals surface area contributed by atoms with Crippen molar-refractivity contribution >= 4 is 21.6 Å². The van der Waals surface area contributed by atoms with Gasteiger partial charge in [0.05, 0.1) is 5.69 Å². The maximum absolute atomic E-state index is 11.7. The summed E-state index contributed by atoms with van der Waals surface area (Å²) >= 11 is 1.12. The van der Waals surface area contributed by atoms with Crippen LogP contribution < -0.4 is 5.14 Å². The van der Waals surface area contributed by atoms with Crippen molar-refractivity contribution in [1.82, 2.24) is 24.4 Å². The molecule has 0 fully saturated rings. The van der Waals surface area contributed by atoms with E-state index in [1.54, 1.807) is 31.2 Å². The number of nitrogens with two attached hydrogens (primary N) is 1. The average Bonchev–Trinajstić information content (AvgIpc) is 3.04. The molecule has 2 heterocycles. The van der Waals surface area contributed by atoms with Crippen molar-refractivity contribution < 1.29 is 8.42 Å². The summed E-state index contributed by atoms with van der Waals surface area (Å²) in [6.45, 7) is 1.76. The second kappa shape index (κ2) is 4.98. The molecule has 0 spiro atoms. The standard InChI is InChI=1S/C11H10N6O2S2/c1-7-9(20-16-13-7)10-14-15-11(21(12,18)19)17(10)8-5-3-2-4-6-8/h2-6H,1H3,(H2,12,18,19). The molecule has 0 atom stereocenters. The van der Waals surface area contributed by atoms with Crippen LogP contribution in [0, 0.1) is 6.92 Å². The molecule has 21 heavy (non-hydrogen) atoms. The van der Waals surface area contributed by atoms with Gasteiger partial charge < -0.3 is 0 Å². The minimum Gasteiger partial charge on any atom is -0.264 e. The Morgan fingerprint density at radius 2 is 1.86 bits per heavy atom. The first-order valence-corrected chi connectivity index (χ1v) is 8.13. The fraction of sp³-hybridized carbons (Fsp3) is 0.0909. The summed E-state index contributed by atoms with van der Waals surface area (Å²) in [6, 6.07) is 8.87. The fourth-order valence-corrected chi connectivity index (χ4v) is 3.08. The van der Waals surface area contributed by atoms with Crippen LogP contribution in [0.1, 0.15) is 5.69 Å². The maximum atomic E-state index is 11.7. The zero-order chi connectivity index (χ0) is 15.0. The van der Waals surface area contributed by atoms with Crippen LogP contribution in [0.4, 0.5) is 0 Å². The number of aromatic nitrogens is 5. The lowest BCUT2D eigenvalue weighted by Crippen LogP contribution is -2.18. The van der Waals surface area contributed by atoms with Gasteiger partial charge in [-0.3, -0.25) is 4.57 Å². The highest BCUT2D eigenvalue weighted by atomic mass is 32.2. The molecule has 0 aliphatic heterocycles. The van der Waals surface area contributed by atoms with Crippen molar-refractivity contribution in [3.05, 3.63) is 36.0 Å². The second-order valence-corrected chi connectivity index (χ2v) is 6.42. The van der Waals surface area contributed by atoms with E-state index in [0.717, 1.165) is 11.5 Å². The van der Waals surface area contributed by atoms with Crippen molar-refractivity contribution in [2.75, 3.05) is 0 Å². The van der Waals surface area contributed by atoms with E-state index in [9.17, 15) is 8.42 Å². The molecular weight excluding hydrogens is 312 g/mol. The first-order valence-electron chi connectivity index (χ1n) is 5.81. The normalized spacial score (nSPS) is 11.7. The molecule has 1 aromatic carbocycles. The fourth-order valence-electron chi connectivity index (χ4n) is 1.85. The smallest absolute Gasteiger partial charge is 0.264 e. The molecule has 2 N–H and O–H groups in total. The minimum atomic E-state index is -4.01. The van der Waals surface area contributed by atoms with E-state index in [-0.39, 0.29) is 5.16 Å². The summed E-state index contributed by atoms with van der Waals surface area (Å²) in [7, 11) is -4.01. The van der Waals surface area contributed by atoms with Crippen LogP contribution in [-0.2, 0) is 10.0 Å². The molecule has 3 rings (SSSR count). The molecule has 0 saturated carbocycles. The zero-order valence-corrected chi connectivity index (χ0v) is 12.5. The highest BCUT2D eigenvalue weighted by molar-refractivity contribution is 7.89. The third-order valence-corrected chi connectivity index (χ3v) is 4.35. The van der Waals surface area contributed by atoms with Crippen molar-refractivity contribution in [2.24, 2.45) is 5.14 Å². The monoisotopic (exact) mass is 322 g/mol. The largest absolute Gasteiger partial charge is 0.274 e. The second-order valence-electron chi connectivity index (χ2n) is 4.21. The number of primary sulfonamides is 1. The molecule has 0 unspecified atom stereocenters. The van der Waals surface area contributed by atoms with Gasteiger partial charge in [-0.25, -0.2) is 13.6 Å². The van der Waals surface area contributed by atoms with Crippen molar-refractivity contribution in [2.45, 2.75) is 12.1 Å². The van der Waals surface area contributed by atoms with Crippen LogP contribution in [0.3, 0.4) is 0 Å². The molecule has 2 aromatic heterocycles.